The summed E-state index contributed by atoms with van der Waals surface area (Å²) in [5.74, 6) is -0.0680. The van der Waals surface area contributed by atoms with Gasteiger partial charge in [-0.15, -0.1) is 11.3 Å². The molecule has 0 bridgehead atoms. The average Bonchev–Trinajstić information content (AvgIpc) is 3.28. The van der Waals surface area contributed by atoms with Crippen molar-refractivity contribution in [2.45, 2.75) is 46.6 Å². The molecule has 0 radical (unpaired) electrons. The Morgan fingerprint density at radius 2 is 1.74 bits per heavy atom. The van der Waals surface area contributed by atoms with E-state index in [2.05, 4.69) is 39.1 Å². The van der Waals surface area contributed by atoms with Gasteiger partial charge in [-0.1, -0.05) is 26.0 Å². The normalized spacial score (nSPS) is 11.7. The summed E-state index contributed by atoms with van der Waals surface area (Å²) in [7, 11) is 0. The first-order valence-corrected chi connectivity index (χ1v) is 12.4. The Bertz CT molecular complexity index is 1220. The summed E-state index contributed by atoms with van der Waals surface area (Å²) in [5.41, 5.74) is 4.97. The Balaban J connectivity index is 1.81. The van der Waals surface area contributed by atoms with Gasteiger partial charge in [0.1, 0.15) is 11.9 Å². The van der Waals surface area contributed by atoms with Gasteiger partial charge in [0.2, 0.25) is 0 Å². The zero-order valence-electron chi connectivity index (χ0n) is 20.4. The Hall–Kier alpha value is -3.63. The molecule has 3 rings (SSSR count). The lowest BCUT2D eigenvalue weighted by Gasteiger charge is -2.22. The minimum Gasteiger partial charge on any atom is -0.485 e. The molecule has 0 fully saturated rings. The van der Waals surface area contributed by atoms with Crippen molar-refractivity contribution in [1.82, 2.24) is 5.32 Å². The van der Waals surface area contributed by atoms with Crippen molar-refractivity contribution in [3.63, 3.8) is 0 Å². The molecule has 0 aliphatic rings. The number of carboxylic acids is 1. The van der Waals surface area contributed by atoms with E-state index in [1.54, 1.807) is 6.07 Å². The van der Waals surface area contributed by atoms with Crippen molar-refractivity contribution in [1.29, 1.82) is 5.26 Å². The topological polar surface area (TPSA) is 99.4 Å². The van der Waals surface area contributed by atoms with E-state index < -0.39 is 5.97 Å². The molecule has 0 spiro atoms. The molecule has 2 aromatic carbocycles. The first-order chi connectivity index (χ1) is 16.7. The van der Waals surface area contributed by atoms with E-state index in [1.165, 1.54) is 11.3 Å². The molecule has 1 heterocycles. The van der Waals surface area contributed by atoms with E-state index in [0.717, 1.165) is 39.3 Å². The zero-order chi connectivity index (χ0) is 25.5. The lowest BCUT2D eigenvalue weighted by atomic mass is 9.95. The van der Waals surface area contributed by atoms with E-state index in [4.69, 9.17) is 15.1 Å². The monoisotopic (exact) mass is 490 g/mol. The summed E-state index contributed by atoms with van der Waals surface area (Å²) in [4.78, 5) is 24.6. The molecular formula is C28H30N2O4S. The number of nitrogens with zero attached hydrogens (tertiary/aromatic N) is 1. The predicted molar refractivity (Wildman–Crippen MR) is 138 cm³/mol. The molecule has 3 aromatic rings. The Morgan fingerprint density at radius 1 is 1.09 bits per heavy atom. The lowest BCUT2D eigenvalue weighted by molar-refractivity contribution is -0.136. The van der Waals surface area contributed by atoms with Gasteiger partial charge < -0.3 is 15.2 Å². The van der Waals surface area contributed by atoms with E-state index >= 15 is 0 Å². The number of benzene rings is 2. The van der Waals surface area contributed by atoms with Crippen LogP contribution in [-0.4, -0.2) is 23.5 Å². The zero-order valence-corrected chi connectivity index (χ0v) is 21.2. The van der Waals surface area contributed by atoms with E-state index in [9.17, 15) is 9.59 Å². The fourth-order valence-corrected chi connectivity index (χ4v) is 4.96. The second-order valence-corrected chi connectivity index (χ2v) is 10.1. The maximum atomic E-state index is 12.4. The number of carbonyl (C=O) groups excluding carboxylic acids is 1. The number of nitrogens with one attached hydrogen (secondary N) is 1. The minimum atomic E-state index is -0.946. The number of nitriles is 1. The molecule has 0 saturated heterocycles. The maximum absolute atomic E-state index is 12.4. The number of carboxylic acid groups (broad SMARTS) is 1. The number of carbonyl (C=O) groups is 2. The quantitative estimate of drug-likeness (QED) is 0.349. The first-order valence-electron chi connectivity index (χ1n) is 11.6. The number of aliphatic carboxylic acids is 1. The van der Waals surface area contributed by atoms with Gasteiger partial charge in [-0.05, 0) is 84.8 Å². The number of ether oxygens (including phenoxy) is 1. The van der Waals surface area contributed by atoms with Crippen molar-refractivity contribution < 1.29 is 19.4 Å². The molecule has 0 aliphatic carbocycles. The smallest absolute Gasteiger partial charge is 0.305 e. The molecule has 6 nitrogen and oxygen atoms in total. The van der Waals surface area contributed by atoms with Crippen LogP contribution in [0.5, 0.6) is 5.75 Å². The highest BCUT2D eigenvalue weighted by Crippen LogP contribution is 2.36. The number of hydrogen-bond acceptors (Lipinski definition) is 5. The van der Waals surface area contributed by atoms with Crippen LogP contribution >= 0.6 is 11.3 Å². The van der Waals surface area contributed by atoms with Gasteiger partial charge in [-0.2, -0.15) is 5.26 Å². The van der Waals surface area contributed by atoms with Gasteiger partial charge in [0, 0.05) is 11.4 Å². The second kappa shape index (κ2) is 11.7. The highest BCUT2D eigenvalue weighted by atomic mass is 32.1. The Kier molecular flexibility index (Phi) is 8.67. The van der Waals surface area contributed by atoms with Crippen LogP contribution in [0, 0.1) is 31.1 Å². The van der Waals surface area contributed by atoms with Gasteiger partial charge in [0.25, 0.3) is 5.91 Å². The Morgan fingerprint density at radius 3 is 2.31 bits per heavy atom. The number of hydrogen-bond donors (Lipinski definition) is 2. The van der Waals surface area contributed by atoms with Crippen molar-refractivity contribution in [2.75, 3.05) is 6.54 Å². The Labute approximate surface area is 210 Å². The molecule has 35 heavy (non-hydrogen) atoms. The fourth-order valence-electron chi connectivity index (χ4n) is 3.99. The fraction of sp³-hybridized carbons (Fsp3) is 0.321. The van der Waals surface area contributed by atoms with Crippen LogP contribution in [-0.2, 0) is 4.79 Å². The van der Waals surface area contributed by atoms with Crippen LogP contribution in [0.3, 0.4) is 0 Å². The number of thiophene rings is 1. The van der Waals surface area contributed by atoms with Crippen molar-refractivity contribution >= 4 is 23.2 Å². The van der Waals surface area contributed by atoms with Gasteiger partial charge in [-0.25, -0.2) is 0 Å². The molecule has 1 amide bonds. The molecule has 182 valence electrons. The minimum absolute atomic E-state index is 0.0947. The van der Waals surface area contributed by atoms with Gasteiger partial charge in [-0.3, -0.25) is 9.59 Å². The van der Waals surface area contributed by atoms with Crippen LogP contribution in [0.1, 0.15) is 64.0 Å². The van der Waals surface area contributed by atoms with Crippen LogP contribution in [0.4, 0.5) is 0 Å². The van der Waals surface area contributed by atoms with Gasteiger partial charge in [0.15, 0.2) is 0 Å². The average molecular weight is 491 g/mol. The highest BCUT2D eigenvalue weighted by molar-refractivity contribution is 7.14. The van der Waals surface area contributed by atoms with Gasteiger partial charge >= 0.3 is 5.97 Å². The van der Waals surface area contributed by atoms with E-state index in [-0.39, 0.29) is 25.0 Å². The molecule has 1 aromatic heterocycles. The number of amides is 1. The summed E-state index contributed by atoms with van der Waals surface area (Å²) >= 11 is 1.37. The van der Waals surface area contributed by atoms with Gasteiger partial charge in [0.05, 0.1) is 22.9 Å². The highest BCUT2D eigenvalue weighted by Gasteiger charge is 2.21. The summed E-state index contributed by atoms with van der Waals surface area (Å²) < 4.78 is 6.46. The summed E-state index contributed by atoms with van der Waals surface area (Å²) in [6.45, 7) is 8.46. The number of rotatable bonds is 10. The molecule has 1 atom stereocenters. The van der Waals surface area contributed by atoms with Crippen molar-refractivity contribution in [3.05, 3.63) is 75.0 Å². The third kappa shape index (κ3) is 6.93. The van der Waals surface area contributed by atoms with Crippen LogP contribution in [0.2, 0.25) is 0 Å². The first kappa shape index (κ1) is 26.0. The molecule has 0 saturated carbocycles. The lowest BCUT2D eigenvalue weighted by Crippen LogP contribution is -2.25. The maximum Gasteiger partial charge on any atom is 0.305 e. The summed E-state index contributed by atoms with van der Waals surface area (Å²) in [5, 5.41) is 20.5. The third-order valence-corrected chi connectivity index (χ3v) is 6.74. The van der Waals surface area contributed by atoms with Crippen LogP contribution < -0.4 is 10.1 Å². The molecule has 2 N–H and O–H groups in total. The molecular weight excluding hydrogens is 460 g/mol. The van der Waals surface area contributed by atoms with Crippen LogP contribution in [0.25, 0.3) is 11.1 Å². The second-order valence-electron chi connectivity index (χ2n) is 8.96. The molecule has 0 aliphatic heterocycles. The number of aryl methyl sites for hydroxylation is 2. The largest absolute Gasteiger partial charge is 0.485 e. The summed E-state index contributed by atoms with van der Waals surface area (Å²) in [6.07, 6.45) is 0.469. The van der Waals surface area contributed by atoms with Crippen LogP contribution in [0.15, 0.2) is 48.5 Å². The van der Waals surface area contributed by atoms with Crippen molar-refractivity contribution in [2.24, 2.45) is 5.92 Å². The SMILES string of the molecule is Cc1cc(OC(CC(C)C)c2ccc(C(=O)NCCC(=O)O)s2)cc(C)c1-c1ccc(C#N)cc1. The molecule has 7 heteroatoms. The predicted octanol–water partition coefficient (Wildman–Crippen LogP) is 6.27. The summed E-state index contributed by atoms with van der Waals surface area (Å²) in [6, 6.07) is 17.5. The standard InChI is InChI=1S/C28H30N2O4S/c1-17(2)13-23(24-9-10-25(35-24)28(33)30-12-11-26(31)32)34-22-14-18(3)27(19(4)15-22)21-7-5-20(16-29)6-8-21/h5-10,14-15,17,23H,11-13H2,1-4H3,(H,30,33)(H,31,32). The molecule has 1 unspecified atom stereocenters. The van der Waals surface area contributed by atoms with Crippen molar-refractivity contribution in [3.8, 4) is 22.9 Å². The third-order valence-electron chi connectivity index (χ3n) is 5.57. The van der Waals surface area contributed by atoms with E-state index in [0.29, 0.717) is 16.4 Å². The van der Waals surface area contributed by atoms with E-state index in [1.807, 2.05) is 42.5 Å².